The molecule has 1 aliphatic heterocycles. The van der Waals surface area contributed by atoms with Crippen molar-refractivity contribution >= 4 is 11.5 Å². The van der Waals surface area contributed by atoms with E-state index in [1.54, 1.807) is 0 Å². The molecule has 2 aliphatic rings. The second-order valence-corrected chi connectivity index (χ2v) is 8.80. The first-order chi connectivity index (χ1) is 15.7. The van der Waals surface area contributed by atoms with Gasteiger partial charge >= 0.3 is 0 Å². The van der Waals surface area contributed by atoms with Gasteiger partial charge in [0.05, 0.1) is 5.69 Å². The number of anilines is 1. The highest BCUT2D eigenvalue weighted by Gasteiger charge is 2.27. The molecule has 172 valence electrons. The predicted molar refractivity (Wildman–Crippen MR) is 132 cm³/mol. The van der Waals surface area contributed by atoms with Crippen LogP contribution in [0.3, 0.4) is 0 Å². The Morgan fingerprint density at radius 3 is 2.72 bits per heavy atom. The molecule has 1 N–H and O–H groups in total. The molecule has 0 saturated carbocycles. The minimum Gasteiger partial charge on any atom is -0.356 e. The van der Waals surface area contributed by atoms with Gasteiger partial charge in [0, 0.05) is 43.8 Å². The van der Waals surface area contributed by atoms with Gasteiger partial charge in [-0.25, -0.2) is 4.98 Å². The number of hydrogen-bond donors (Lipinski definition) is 1. The van der Waals surface area contributed by atoms with E-state index >= 15 is 0 Å². The third-order valence-corrected chi connectivity index (χ3v) is 6.79. The number of likely N-dealkylation sites (N-methyl/N-ethyl adjacent to an activating group) is 1. The number of rotatable bonds is 6. The van der Waals surface area contributed by atoms with Crippen LogP contribution in [0.5, 0.6) is 0 Å². The number of aryl methyl sites for hydroxylation is 2. The number of aromatic nitrogens is 3. The fourth-order valence-corrected chi connectivity index (χ4v) is 5.09. The van der Waals surface area contributed by atoms with Gasteiger partial charge in [-0.15, -0.1) is 0 Å². The molecule has 0 amide bonds. The first-order valence-electron chi connectivity index (χ1n) is 12.3. The van der Waals surface area contributed by atoms with Crippen molar-refractivity contribution in [3.63, 3.8) is 0 Å². The zero-order valence-electron chi connectivity index (χ0n) is 19.9. The maximum Gasteiger partial charge on any atom is 0.138 e. The maximum atomic E-state index is 4.68. The Kier molecular flexibility index (Phi) is 7.76. The Labute approximate surface area is 192 Å². The van der Waals surface area contributed by atoms with Crippen LogP contribution in [0.2, 0.25) is 0 Å². The highest BCUT2D eigenvalue weighted by Crippen LogP contribution is 2.24. The summed E-state index contributed by atoms with van der Waals surface area (Å²) in [5.74, 6) is 1.27. The molecule has 0 radical (unpaired) electrons. The van der Waals surface area contributed by atoms with Gasteiger partial charge in [-0.1, -0.05) is 26.0 Å². The third kappa shape index (κ3) is 5.13. The van der Waals surface area contributed by atoms with Gasteiger partial charge in [-0.05, 0) is 76.0 Å². The average molecular weight is 435 g/mol. The molecule has 4 heterocycles. The van der Waals surface area contributed by atoms with Crippen molar-refractivity contribution in [2.24, 2.45) is 0 Å². The predicted octanol–water partition coefficient (Wildman–Crippen LogP) is 3.93. The van der Waals surface area contributed by atoms with Gasteiger partial charge in [0.15, 0.2) is 0 Å². The second kappa shape index (κ2) is 10.9. The van der Waals surface area contributed by atoms with Crippen LogP contribution in [-0.4, -0.2) is 58.5 Å². The zero-order chi connectivity index (χ0) is 22.3. The summed E-state index contributed by atoms with van der Waals surface area (Å²) in [6.07, 6.45) is 10.4. The summed E-state index contributed by atoms with van der Waals surface area (Å²) in [5.41, 5.74) is 4.92. The van der Waals surface area contributed by atoms with Crippen LogP contribution in [0.4, 0.5) is 5.82 Å². The molecule has 1 fully saturated rings. The number of nitrogens with one attached hydrogen (secondary N) is 1. The average Bonchev–Trinajstić information content (AvgIpc) is 3.48. The standard InChI is InChI=1S/C17H27N5.C9H11N/c1-4-20(5-2)15-9-10-21(13-15)17-8-6-7-16-19-14(11-18-3)12-22(16)17;1-2-6-9-8(4-1)5-3-7-10-9/h6-8,12,15,18H,4-5,9-11,13H2,1-3H3;3,5,7H,1-2,4,6H2. The molecule has 0 aromatic carbocycles. The molecule has 1 aliphatic carbocycles. The summed E-state index contributed by atoms with van der Waals surface area (Å²) in [6, 6.07) is 11.3. The fourth-order valence-electron chi connectivity index (χ4n) is 5.09. The number of nitrogens with zero attached hydrogens (tertiary/aromatic N) is 5. The van der Waals surface area contributed by atoms with Crippen LogP contribution in [0.1, 0.15) is 50.1 Å². The number of fused-ring (bicyclic) bond motifs is 2. The molecule has 3 aromatic rings. The molecule has 0 spiro atoms. The lowest BCUT2D eigenvalue weighted by Gasteiger charge is -2.26. The van der Waals surface area contributed by atoms with Crippen LogP contribution >= 0.6 is 0 Å². The first-order valence-corrected chi connectivity index (χ1v) is 12.3. The number of hydrogen-bond acceptors (Lipinski definition) is 5. The molecule has 32 heavy (non-hydrogen) atoms. The van der Waals surface area contributed by atoms with Crippen molar-refractivity contribution < 1.29 is 0 Å². The topological polar surface area (TPSA) is 48.7 Å². The molecular formula is C26H38N6. The van der Waals surface area contributed by atoms with Gasteiger partial charge < -0.3 is 10.2 Å². The van der Waals surface area contributed by atoms with Gasteiger partial charge in [-0.2, -0.15) is 0 Å². The monoisotopic (exact) mass is 434 g/mol. The normalized spacial score (nSPS) is 18.0. The molecule has 6 heteroatoms. The first kappa shape index (κ1) is 22.7. The summed E-state index contributed by atoms with van der Waals surface area (Å²) < 4.78 is 2.23. The van der Waals surface area contributed by atoms with Crippen LogP contribution in [0.25, 0.3) is 5.65 Å². The third-order valence-electron chi connectivity index (χ3n) is 6.79. The van der Waals surface area contributed by atoms with Crippen molar-refractivity contribution in [3.8, 4) is 0 Å². The summed E-state index contributed by atoms with van der Waals surface area (Å²) in [5, 5.41) is 3.18. The minimum atomic E-state index is 0.672. The van der Waals surface area contributed by atoms with Crippen molar-refractivity contribution in [2.45, 2.75) is 58.5 Å². The highest BCUT2D eigenvalue weighted by molar-refractivity contribution is 5.53. The summed E-state index contributed by atoms with van der Waals surface area (Å²) >= 11 is 0. The summed E-state index contributed by atoms with van der Waals surface area (Å²) in [7, 11) is 1.96. The van der Waals surface area contributed by atoms with Crippen LogP contribution in [0, 0.1) is 0 Å². The molecule has 1 unspecified atom stereocenters. The molecule has 1 saturated heterocycles. The molecule has 6 nitrogen and oxygen atoms in total. The van der Waals surface area contributed by atoms with E-state index in [0.717, 1.165) is 44.1 Å². The Morgan fingerprint density at radius 1 is 1.09 bits per heavy atom. The largest absolute Gasteiger partial charge is 0.356 e. The van der Waals surface area contributed by atoms with Crippen molar-refractivity contribution in [2.75, 3.05) is 38.1 Å². The van der Waals surface area contributed by atoms with Gasteiger partial charge in [0.25, 0.3) is 0 Å². The second-order valence-electron chi connectivity index (χ2n) is 8.80. The molecule has 3 aromatic heterocycles. The van der Waals surface area contributed by atoms with E-state index in [1.807, 2.05) is 19.3 Å². The van der Waals surface area contributed by atoms with E-state index in [2.05, 4.69) is 73.8 Å². The lowest BCUT2D eigenvalue weighted by atomic mass is 9.96. The van der Waals surface area contributed by atoms with Crippen LogP contribution in [-0.2, 0) is 19.4 Å². The Bertz CT molecular complexity index is 968. The van der Waals surface area contributed by atoms with Gasteiger partial charge in [0.1, 0.15) is 11.5 Å². The lowest BCUT2D eigenvalue weighted by Crippen LogP contribution is -2.37. The summed E-state index contributed by atoms with van der Waals surface area (Å²) in [6.45, 7) is 9.83. The van der Waals surface area contributed by atoms with E-state index in [4.69, 9.17) is 0 Å². The van der Waals surface area contributed by atoms with E-state index in [9.17, 15) is 0 Å². The molecular weight excluding hydrogens is 396 g/mol. The quantitative estimate of drug-likeness (QED) is 0.637. The minimum absolute atomic E-state index is 0.672. The van der Waals surface area contributed by atoms with E-state index in [0.29, 0.717) is 6.04 Å². The van der Waals surface area contributed by atoms with Crippen LogP contribution in [0.15, 0.2) is 42.7 Å². The van der Waals surface area contributed by atoms with E-state index < -0.39 is 0 Å². The molecule has 1 atom stereocenters. The molecule has 5 rings (SSSR count). The van der Waals surface area contributed by atoms with E-state index in [1.165, 1.54) is 49.2 Å². The zero-order valence-corrected chi connectivity index (χ0v) is 19.9. The van der Waals surface area contributed by atoms with Gasteiger partial charge in [-0.3, -0.25) is 14.3 Å². The fraction of sp³-hybridized carbons (Fsp3) is 0.538. The maximum absolute atomic E-state index is 4.68. The van der Waals surface area contributed by atoms with E-state index in [-0.39, 0.29) is 0 Å². The summed E-state index contributed by atoms with van der Waals surface area (Å²) in [4.78, 5) is 14.1. The van der Waals surface area contributed by atoms with Crippen molar-refractivity contribution in [3.05, 3.63) is 59.7 Å². The van der Waals surface area contributed by atoms with Gasteiger partial charge in [0.2, 0.25) is 0 Å². The molecule has 0 bridgehead atoms. The Morgan fingerprint density at radius 2 is 1.94 bits per heavy atom. The van der Waals surface area contributed by atoms with Crippen LogP contribution < -0.4 is 10.2 Å². The van der Waals surface area contributed by atoms with Crippen molar-refractivity contribution in [1.82, 2.24) is 24.6 Å². The smallest absolute Gasteiger partial charge is 0.138 e. The number of imidazole rings is 1. The SMILES string of the molecule is CCN(CC)C1CCN(c2cccc3nc(CNC)cn23)C1.c1cnc2c(c1)CCCC2. The Hall–Kier alpha value is -2.44. The Balaban J connectivity index is 0.000000203. The highest BCUT2D eigenvalue weighted by atomic mass is 15.3. The lowest BCUT2D eigenvalue weighted by molar-refractivity contribution is 0.232. The van der Waals surface area contributed by atoms with Crippen molar-refractivity contribution in [1.29, 1.82) is 0 Å². The number of pyridine rings is 2.